The van der Waals surface area contributed by atoms with Crippen molar-refractivity contribution in [3.63, 3.8) is 0 Å². The molecule has 2 heterocycles. The summed E-state index contributed by atoms with van der Waals surface area (Å²) in [6.45, 7) is 1.25. The standard InChI is InChI=1S/C20H25N5O4/c1-25-15(10-19(26)24-14-4-6-18(21)23-11-14)12-29-17-5-3-13(9-16(17)25)20(27)22-7-8-28-2/h3-6,9,11,15H,7-8,10,12H2,1-2H3,(H2,21,23)(H,22,27)(H,24,26)/t15-/m0/s1. The number of ether oxygens (including phenoxy) is 2. The number of nitrogens with one attached hydrogen (secondary N) is 2. The maximum Gasteiger partial charge on any atom is 0.251 e. The molecule has 29 heavy (non-hydrogen) atoms. The fourth-order valence-corrected chi connectivity index (χ4v) is 3.02. The molecule has 1 atom stereocenters. The van der Waals surface area contributed by atoms with E-state index < -0.39 is 0 Å². The van der Waals surface area contributed by atoms with E-state index in [0.29, 0.717) is 42.6 Å². The van der Waals surface area contributed by atoms with E-state index in [1.165, 1.54) is 6.20 Å². The number of fused-ring (bicyclic) bond motifs is 1. The number of rotatable bonds is 7. The van der Waals surface area contributed by atoms with Gasteiger partial charge in [0.15, 0.2) is 0 Å². The van der Waals surface area contributed by atoms with Crippen LogP contribution in [0, 0.1) is 0 Å². The van der Waals surface area contributed by atoms with E-state index in [4.69, 9.17) is 15.2 Å². The van der Waals surface area contributed by atoms with Crippen LogP contribution in [0.3, 0.4) is 0 Å². The quantitative estimate of drug-likeness (QED) is 0.600. The number of nitrogens with two attached hydrogens (primary N) is 1. The van der Waals surface area contributed by atoms with Gasteiger partial charge in [-0.15, -0.1) is 0 Å². The Balaban J connectivity index is 1.64. The minimum absolute atomic E-state index is 0.158. The van der Waals surface area contributed by atoms with Crippen molar-refractivity contribution in [3.8, 4) is 5.75 Å². The molecule has 0 bridgehead atoms. The summed E-state index contributed by atoms with van der Waals surface area (Å²) in [7, 11) is 3.47. The number of carbonyl (C=O) groups is 2. The number of methoxy groups -OCH3 is 1. The summed E-state index contributed by atoms with van der Waals surface area (Å²) in [6, 6.07) is 8.41. The molecule has 1 aromatic heterocycles. The highest BCUT2D eigenvalue weighted by atomic mass is 16.5. The molecule has 1 aliphatic heterocycles. The number of likely N-dealkylation sites (N-methyl/N-ethyl adjacent to an activating group) is 1. The first-order chi connectivity index (χ1) is 14.0. The van der Waals surface area contributed by atoms with Crippen molar-refractivity contribution in [1.82, 2.24) is 10.3 Å². The van der Waals surface area contributed by atoms with Gasteiger partial charge in [0.05, 0.1) is 36.6 Å². The molecule has 9 heteroatoms. The molecule has 3 rings (SSSR count). The molecule has 0 aliphatic carbocycles. The summed E-state index contributed by atoms with van der Waals surface area (Å²) < 4.78 is 10.7. The fraction of sp³-hybridized carbons (Fsp3) is 0.350. The van der Waals surface area contributed by atoms with Gasteiger partial charge in [0, 0.05) is 26.3 Å². The van der Waals surface area contributed by atoms with Crippen LogP contribution >= 0.6 is 0 Å². The Labute approximate surface area is 169 Å². The Kier molecular flexibility index (Phi) is 6.50. The van der Waals surface area contributed by atoms with Gasteiger partial charge < -0.3 is 30.7 Å². The Bertz CT molecular complexity index is 872. The molecular formula is C20H25N5O4. The van der Waals surface area contributed by atoms with Crippen LogP contribution in [0.4, 0.5) is 17.2 Å². The van der Waals surface area contributed by atoms with Crippen molar-refractivity contribution >= 4 is 29.0 Å². The second-order valence-electron chi connectivity index (χ2n) is 6.73. The number of nitrogens with zero attached hydrogens (tertiary/aromatic N) is 2. The molecule has 0 unspecified atom stereocenters. The third kappa shape index (κ3) is 5.14. The lowest BCUT2D eigenvalue weighted by Gasteiger charge is -2.35. The second-order valence-corrected chi connectivity index (χ2v) is 6.73. The minimum atomic E-state index is -0.186. The molecule has 2 amide bonds. The molecule has 4 N–H and O–H groups in total. The lowest BCUT2D eigenvalue weighted by molar-refractivity contribution is -0.116. The van der Waals surface area contributed by atoms with E-state index in [9.17, 15) is 9.59 Å². The number of pyridine rings is 1. The predicted octanol–water partition coefficient (Wildman–Crippen LogP) is 1.27. The number of hydrogen-bond donors (Lipinski definition) is 3. The molecule has 0 saturated heterocycles. The predicted molar refractivity (Wildman–Crippen MR) is 110 cm³/mol. The van der Waals surface area contributed by atoms with Gasteiger partial charge in [-0.2, -0.15) is 0 Å². The molecule has 0 fully saturated rings. The van der Waals surface area contributed by atoms with Gasteiger partial charge in [-0.25, -0.2) is 4.98 Å². The van der Waals surface area contributed by atoms with E-state index in [2.05, 4.69) is 15.6 Å². The van der Waals surface area contributed by atoms with Crippen LogP contribution in [0.1, 0.15) is 16.8 Å². The second kappa shape index (κ2) is 9.24. The smallest absolute Gasteiger partial charge is 0.251 e. The summed E-state index contributed by atoms with van der Waals surface area (Å²) in [6.07, 6.45) is 1.74. The first-order valence-corrected chi connectivity index (χ1v) is 9.26. The molecule has 1 aromatic carbocycles. The number of carbonyl (C=O) groups excluding carboxylic acids is 2. The fourth-order valence-electron chi connectivity index (χ4n) is 3.02. The molecule has 1 aliphatic rings. The van der Waals surface area contributed by atoms with Gasteiger partial charge in [-0.1, -0.05) is 0 Å². The Morgan fingerprint density at radius 2 is 2.17 bits per heavy atom. The maximum atomic E-state index is 12.4. The van der Waals surface area contributed by atoms with Gasteiger partial charge >= 0.3 is 0 Å². The van der Waals surface area contributed by atoms with Gasteiger partial charge in [0.2, 0.25) is 5.91 Å². The number of anilines is 3. The monoisotopic (exact) mass is 399 g/mol. The largest absolute Gasteiger partial charge is 0.489 e. The van der Waals surface area contributed by atoms with Crippen LogP contribution in [0.15, 0.2) is 36.5 Å². The van der Waals surface area contributed by atoms with E-state index >= 15 is 0 Å². The SMILES string of the molecule is COCCNC(=O)c1ccc2c(c1)N(C)[C@@H](CC(=O)Nc1ccc(N)nc1)CO2. The van der Waals surface area contributed by atoms with Crippen LogP contribution < -0.4 is 26.0 Å². The molecular weight excluding hydrogens is 374 g/mol. The van der Waals surface area contributed by atoms with Crippen LogP contribution in [0.25, 0.3) is 0 Å². The summed E-state index contributed by atoms with van der Waals surface area (Å²) in [4.78, 5) is 30.6. The highest BCUT2D eigenvalue weighted by Gasteiger charge is 2.27. The van der Waals surface area contributed by atoms with Crippen molar-refractivity contribution < 1.29 is 19.1 Å². The van der Waals surface area contributed by atoms with Crippen LogP contribution in [-0.4, -0.2) is 56.8 Å². The first-order valence-electron chi connectivity index (χ1n) is 9.26. The Hall–Kier alpha value is -3.33. The van der Waals surface area contributed by atoms with Crippen molar-refractivity contribution in [1.29, 1.82) is 0 Å². The molecule has 0 radical (unpaired) electrons. The van der Waals surface area contributed by atoms with Gasteiger partial charge in [-0.3, -0.25) is 9.59 Å². The van der Waals surface area contributed by atoms with Crippen molar-refractivity contribution in [2.24, 2.45) is 0 Å². The zero-order chi connectivity index (χ0) is 20.8. The average molecular weight is 399 g/mol. The zero-order valence-electron chi connectivity index (χ0n) is 16.5. The summed E-state index contributed by atoms with van der Waals surface area (Å²) >= 11 is 0. The third-order valence-electron chi connectivity index (χ3n) is 4.66. The first kappa shape index (κ1) is 20.4. The molecule has 9 nitrogen and oxygen atoms in total. The van der Waals surface area contributed by atoms with Gasteiger partial charge in [0.25, 0.3) is 5.91 Å². The van der Waals surface area contributed by atoms with Crippen LogP contribution in [0.2, 0.25) is 0 Å². The van der Waals surface area contributed by atoms with Crippen molar-refractivity contribution in [3.05, 3.63) is 42.1 Å². The van der Waals surface area contributed by atoms with Gasteiger partial charge in [-0.05, 0) is 30.3 Å². The van der Waals surface area contributed by atoms with Crippen LogP contribution in [0.5, 0.6) is 5.75 Å². The summed E-state index contributed by atoms with van der Waals surface area (Å²) in [5, 5.41) is 5.60. The highest BCUT2D eigenvalue weighted by Crippen LogP contribution is 2.34. The number of amides is 2. The lowest BCUT2D eigenvalue weighted by Crippen LogP contribution is -2.42. The molecule has 154 valence electrons. The van der Waals surface area contributed by atoms with E-state index in [1.807, 2.05) is 11.9 Å². The van der Waals surface area contributed by atoms with Crippen molar-refractivity contribution in [2.45, 2.75) is 12.5 Å². The van der Waals surface area contributed by atoms with Crippen molar-refractivity contribution in [2.75, 3.05) is 49.9 Å². The number of hydrogen-bond acceptors (Lipinski definition) is 7. The number of nitrogen functional groups attached to an aromatic ring is 1. The average Bonchev–Trinajstić information content (AvgIpc) is 2.72. The Morgan fingerprint density at radius 1 is 1.34 bits per heavy atom. The Morgan fingerprint density at radius 3 is 2.90 bits per heavy atom. The molecule has 2 aromatic rings. The summed E-state index contributed by atoms with van der Waals surface area (Å²) in [5.74, 6) is 0.727. The normalized spacial score (nSPS) is 15.2. The van der Waals surface area contributed by atoms with Gasteiger partial charge in [0.1, 0.15) is 18.2 Å². The van der Waals surface area contributed by atoms with E-state index in [0.717, 1.165) is 5.69 Å². The summed E-state index contributed by atoms with van der Waals surface area (Å²) in [5.41, 5.74) is 7.43. The topological polar surface area (TPSA) is 119 Å². The third-order valence-corrected chi connectivity index (χ3v) is 4.66. The minimum Gasteiger partial charge on any atom is -0.489 e. The zero-order valence-corrected chi connectivity index (χ0v) is 16.5. The number of benzene rings is 1. The number of aromatic nitrogens is 1. The van der Waals surface area contributed by atoms with E-state index in [1.54, 1.807) is 37.4 Å². The maximum absolute atomic E-state index is 12.4. The molecule has 0 spiro atoms. The van der Waals surface area contributed by atoms with E-state index in [-0.39, 0.29) is 24.3 Å². The molecule has 0 saturated carbocycles. The lowest BCUT2D eigenvalue weighted by atomic mass is 10.1. The van der Waals surface area contributed by atoms with Crippen LogP contribution in [-0.2, 0) is 9.53 Å². The highest BCUT2D eigenvalue weighted by molar-refractivity contribution is 5.96.